The number of carbonyl (C=O) groups is 1. The molecule has 0 aliphatic heterocycles. The fourth-order valence-electron chi connectivity index (χ4n) is 3.25. The van der Waals surface area contributed by atoms with E-state index in [0.717, 1.165) is 22.4 Å². The second kappa shape index (κ2) is 8.47. The molecule has 4 rings (SSSR count). The number of nitriles is 1. The van der Waals surface area contributed by atoms with Crippen LogP contribution in [0, 0.1) is 11.3 Å². The molecule has 1 aromatic heterocycles. The number of nitrogens with zero attached hydrogens (tertiary/aromatic N) is 2. The topological polar surface area (TPSA) is 95.5 Å². The predicted octanol–water partition coefficient (Wildman–Crippen LogP) is 5.00. The number of hydrogen-bond donors (Lipinski definition) is 2. The van der Waals surface area contributed by atoms with E-state index in [1.54, 1.807) is 23.0 Å². The highest BCUT2D eigenvalue weighted by atomic mass is 16.5. The van der Waals surface area contributed by atoms with Gasteiger partial charge in [0.25, 0.3) is 0 Å². The quantitative estimate of drug-likeness (QED) is 0.466. The summed E-state index contributed by atoms with van der Waals surface area (Å²) in [6.45, 7) is 0.436. The fraction of sp³-hybridized carbons (Fsp3) is 0.0400. The van der Waals surface area contributed by atoms with Gasteiger partial charge < -0.3 is 19.5 Å². The van der Waals surface area contributed by atoms with E-state index in [-0.39, 0.29) is 11.3 Å². The van der Waals surface area contributed by atoms with Crippen molar-refractivity contribution in [3.8, 4) is 34.4 Å². The van der Waals surface area contributed by atoms with Gasteiger partial charge in [0, 0.05) is 29.7 Å². The molecule has 2 N–H and O–H groups in total. The third kappa shape index (κ3) is 4.26. The van der Waals surface area contributed by atoms with Crippen molar-refractivity contribution in [1.29, 1.82) is 5.26 Å². The molecular formula is C25H18N2O4. The molecule has 0 radical (unpaired) electrons. The van der Waals surface area contributed by atoms with Crippen molar-refractivity contribution in [2.45, 2.75) is 6.61 Å². The number of benzene rings is 3. The lowest BCUT2D eigenvalue weighted by atomic mass is 10.0. The minimum absolute atomic E-state index is 0.176. The van der Waals surface area contributed by atoms with Crippen LogP contribution < -0.4 is 4.74 Å². The summed E-state index contributed by atoms with van der Waals surface area (Å²) >= 11 is 0. The van der Waals surface area contributed by atoms with Gasteiger partial charge in [-0.15, -0.1) is 0 Å². The second-order valence-corrected chi connectivity index (χ2v) is 6.91. The number of aromatic hydroxyl groups is 1. The van der Waals surface area contributed by atoms with Crippen LogP contribution in [0.5, 0.6) is 11.5 Å². The third-order valence-corrected chi connectivity index (χ3v) is 4.87. The van der Waals surface area contributed by atoms with Gasteiger partial charge in [-0.05, 0) is 35.4 Å². The van der Waals surface area contributed by atoms with Crippen LogP contribution in [0.25, 0.3) is 16.8 Å². The Labute approximate surface area is 178 Å². The van der Waals surface area contributed by atoms with Crippen molar-refractivity contribution < 1.29 is 19.7 Å². The maximum atomic E-state index is 11.1. The van der Waals surface area contributed by atoms with Gasteiger partial charge in [-0.3, -0.25) is 0 Å². The average Bonchev–Trinajstić information content (AvgIpc) is 3.23. The van der Waals surface area contributed by atoms with Crippen LogP contribution in [-0.4, -0.2) is 20.7 Å². The largest absolute Gasteiger partial charge is 0.507 e. The van der Waals surface area contributed by atoms with Gasteiger partial charge in [0.1, 0.15) is 29.7 Å². The van der Waals surface area contributed by atoms with Gasteiger partial charge in [0.05, 0.1) is 5.56 Å². The normalized spacial score (nSPS) is 10.4. The molecule has 0 atom stereocenters. The van der Waals surface area contributed by atoms with Crippen LogP contribution in [0.3, 0.4) is 0 Å². The lowest BCUT2D eigenvalue weighted by Crippen LogP contribution is -1.98. The highest BCUT2D eigenvalue weighted by Crippen LogP contribution is 2.28. The van der Waals surface area contributed by atoms with Gasteiger partial charge in [0.15, 0.2) is 0 Å². The first kappa shape index (κ1) is 19.8. The molecule has 3 aromatic carbocycles. The average molecular weight is 410 g/mol. The molecule has 0 fully saturated rings. The number of aromatic carboxylic acids is 1. The minimum Gasteiger partial charge on any atom is -0.507 e. The fourth-order valence-corrected chi connectivity index (χ4v) is 3.25. The standard InChI is InChI=1S/C25H18N2O4/c26-13-19-14-27(20-10-11-22(25(29)30)24(28)12-20)15-23(19)18-8-6-17(7-9-18)16-31-21-4-2-1-3-5-21/h1-12,14-15,28H,16H2,(H,29,30). The Bertz CT molecular complexity index is 1270. The van der Waals surface area contributed by atoms with Crippen molar-refractivity contribution in [1.82, 2.24) is 4.57 Å². The van der Waals surface area contributed by atoms with Gasteiger partial charge in [-0.25, -0.2) is 4.79 Å². The molecular weight excluding hydrogens is 392 g/mol. The molecule has 4 aromatic rings. The van der Waals surface area contributed by atoms with E-state index in [1.807, 2.05) is 54.6 Å². The van der Waals surface area contributed by atoms with Crippen LogP contribution in [0.2, 0.25) is 0 Å². The summed E-state index contributed by atoms with van der Waals surface area (Å²) in [4.78, 5) is 11.1. The van der Waals surface area contributed by atoms with Crippen molar-refractivity contribution in [3.63, 3.8) is 0 Å². The van der Waals surface area contributed by atoms with E-state index < -0.39 is 5.97 Å². The predicted molar refractivity (Wildman–Crippen MR) is 115 cm³/mol. The molecule has 0 saturated carbocycles. The summed E-state index contributed by atoms with van der Waals surface area (Å²) < 4.78 is 7.45. The molecule has 31 heavy (non-hydrogen) atoms. The van der Waals surface area contributed by atoms with E-state index in [9.17, 15) is 15.2 Å². The van der Waals surface area contributed by atoms with Crippen LogP contribution in [0.15, 0.2) is 85.2 Å². The first-order valence-electron chi connectivity index (χ1n) is 9.51. The summed E-state index contributed by atoms with van der Waals surface area (Å²) in [5.74, 6) is -0.736. The number of hydrogen-bond acceptors (Lipinski definition) is 4. The highest BCUT2D eigenvalue weighted by Gasteiger charge is 2.13. The first-order valence-corrected chi connectivity index (χ1v) is 9.51. The Morgan fingerprint density at radius 2 is 1.74 bits per heavy atom. The molecule has 0 spiro atoms. The summed E-state index contributed by atoms with van der Waals surface area (Å²) in [5.41, 5.74) is 3.45. The zero-order valence-electron chi connectivity index (χ0n) is 16.4. The highest BCUT2D eigenvalue weighted by molar-refractivity contribution is 5.91. The summed E-state index contributed by atoms with van der Waals surface area (Å²) in [7, 11) is 0. The van der Waals surface area contributed by atoms with E-state index in [2.05, 4.69) is 6.07 Å². The number of carboxylic acids is 1. The van der Waals surface area contributed by atoms with E-state index in [0.29, 0.717) is 17.9 Å². The van der Waals surface area contributed by atoms with E-state index in [4.69, 9.17) is 9.84 Å². The molecule has 0 unspecified atom stereocenters. The zero-order valence-corrected chi connectivity index (χ0v) is 16.4. The smallest absolute Gasteiger partial charge is 0.339 e. The molecule has 0 aliphatic rings. The van der Waals surface area contributed by atoms with Crippen molar-refractivity contribution in [3.05, 3.63) is 102 Å². The first-order chi connectivity index (χ1) is 15.0. The number of ether oxygens (including phenoxy) is 1. The lowest BCUT2D eigenvalue weighted by Gasteiger charge is -2.07. The molecule has 0 bridgehead atoms. The molecule has 1 heterocycles. The maximum absolute atomic E-state index is 11.1. The van der Waals surface area contributed by atoms with Gasteiger partial charge in [-0.1, -0.05) is 42.5 Å². The minimum atomic E-state index is -1.20. The van der Waals surface area contributed by atoms with Crippen molar-refractivity contribution >= 4 is 5.97 Å². The number of rotatable bonds is 6. The molecule has 0 saturated heterocycles. The number of phenols is 1. The zero-order chi connectivity index (χ0) is 21.8. The Hall–Kier alpha value is -4.50. The summed E-state index contributed by atoms with van der Waals surface area (Å²) in [6, 6.07) is 23.8. The maximum Gasteiger partial charge on any atom is 0.339 e. The van der Waals surface area contributed by atoms with Crippen LogP contribution in [0.4, 0.5) is 0 Å². The van der Waals surface area contributed by atoms with Crippen molar-refractivity contribution in [2.75, 3.05) is 0 Å². The Morgan fingerprint density at radius 1 is 1.00 bits per heavy atom. The molecule has 0 aliphatic carbocycles. The van der Waals surface area contributed by atoms with E-state index in [1.165, 1.54) is 12.1 Å². The third-order valence-electron chi connectivity index (χ3n) is 4.87. The number of carboxylic acid groups (broad SMARTS) is 1. The van der Waals surface area contributed by atoms with Crippen molar-refractivity contribution in [2.24, 2.45) is 0 Å². The van der Waals surface area contributed by atoms with E-state index >= 15 is 0 Å². The Kier molecular flexibility index (Phi) is 5.41. The molecule has 6 nitrogen and oxygen atoms in total. The Balaban J connectivity index is 1.57. The monoisotopic (exact) mass is 410 g/mol. The van der Waals surface area contributed by atoms with Crippen LogP contribution in [0.1, 0.15) is 21.5 Å². The van der Waals surface area contributed by atoms with Gasteiger partial charge in [0.2, 0.25) is 0 Å². The SMILES string of the molecule is N#Cc1cn(-c2ccc(C(=O)O)c(O)c2)cc1-c1ccc(COc2ccccc2)cc1. The summed E-state index contributed by atoms with van der Waals surface area (Å²) in [5, 5.41) is 28.6. The number of aromatic nitrogens is 1. The molecule has 6 heteroatoms. The molecule has 152 valence electrons. The van der Waals surface area contributed by atoms with Gasteiger partial charge >= 0.3 is 5.97 Å². The van der Waals surface area contributed by atoms with Crippen LogP contribution in [-0.2, 0) is 6.61 Å². The van der Waals surface area contributed by atoms with Gasteiger partial charge in [-0.2, -0.15) is 5.26 Å². The second-order valence-electron chi connectivity index (χ2n) is 6.91. The Morgan fingerprint density at radius 3 is 2.39 bits per heavy atom. The lowest BCUT2D eigenvalue weighted by molar-refractivity contribution is 0.0693. The molecule has 0 amide bonds. The summed E-state index contributed by atoms with van der Waals surface area (Å²) in [6.07, 6.45) is 3.43. The van der Waals surface area contributed by atoms with Crippen LogP contribution >= 0.6 is 0 Å². The number of para-hydroxylation sites is 1.